The second-order valence-corrected chi connectivity index (χ2v) is 9.14. The molecule has 6 heteroatoms. The van der Waals surface area contributed by atoms with E-state index in [0.717, 1.165) is 33.4 Å². The van der Waals surface area contributed by atoms with E-state index in [9.17, 15) is 19.8 Å². The van der Waals surface area contributed by atoms with Crippen LogP contribution in [0, 0.1) is 20.8 Å². The molecule has 4 rings (SSSR count). The van der Waals surface area contributed by atoms with Gasteiger partial charge in [0.15, 0.2) is 11.6 Å². The fraction of sp³-hybridized carbons (Fsp3) is 0.267. The van der Waals surface area contributed by atoms with E-state index in [-0.39, 0.29) is 23.1 Å². The highest BCUT2D eigenvalue weighted by Crippen LogP contribution is 2.37. The van der Waals surface area contributed by atoms with E-state index in [0.29, 0.717) is 35.1 Å². The number of phenols is 2. The standard InChI is InChI=1S/C15H17NO2.C15H15NO2/c2*1-9-10(2)15(18)13(11(3)14(9)17)7-12-5-4-6-16-8-12/h4-6,8,17-18H,7H2,1-3H3;4-6,8H,7H2,1-3H3. The Morgan fingerprint density at radius 2 is 1.14 bits per heavy atom. The Labute approximate surface area is 212 Å². The van der Waals surface area contributed by atoms with Crippen LogP contribution < -0.4 is 0 Å². The Morgan fingerprint density at radius 1 is 0.639 bits per heavy atom. The first-order valence-corrected chi connectivity index (χ1v) is 11.8. The SMILES string of the molecule is CC1=C(C)C(=O)C(Cc2cccnc2)=C(C)C1=O.Cc1c(C)c(O)c(Cc2cccnc2)c(C)c1O. The number of ketones is 2. The first-order chi connectivity index (χ1) is 17.0. The van der Waals surface area contributed by atoms with Crippen molar-refractivity contribution in [1.29, 1.82) is 0 Å². The number of carbonyl (C=O) groups excluding carboxylic acids is 2. The molecule has 1 aliphatic carbocycles. The second-order valence-electron chi connectivity index (χ2n) is 9.14. The first kappa shape index (κ1) is 26.5. The molecule has 0 saturated carbocycles. The lowest BCUT2D eigenvalue weighted by molar-refractivity contribution is -0.116. The lowest BCUT2D eigenvalue weighted by Gasteiger charge is -2.18. The molecule has 1 aromatic carbocycles. The number of Topliss-reactive ketones (excluding diaryl/α,β-unsaturated/α-hetero) is 2. The van der Waals surface area contributed by atoms with E-state index in [1.54, 1.807) is 45.6 Å². The molecule has 186 valence electrons. The molecule has 1 aliphatic rings. The summed E-state index contributed by atoms with van der Waals surface area (Å²) in [6.45, 7) is 10.6. The molecule has 6 nitrogen and oxygen atoms in total. The minimum atomic E-state index is -0.0222. The van der Waals surface area contributed by atoms with Gasteiger partial charge in [-0.15, -0.1) is 0 Å². The van der Waals surface area contributed by atoms with Crippen molar-refractivity contribution in [3.8, 4) is 11.5 Å². The molecular weight excluding hydrogens is 452 g/mol. The summed E-state index contributed by atoms with van der Waals surface area (Å²) >= 11 is 0. The average Bonchev–Trinajstić information content (AvgIpc) is 2.90. The van der Waals surface area contributed by atoms with E-state index in [2.05, 4.69) is 9.97 Å². The number of aromatic nitrogens is 2. The number of hydrogen-bond acceptors (Lipinski definition) is 6. The van der Waals surface area contributed by atoms with Gasteiger partial charge in [0, 0.05) is 65.5 Å². The third-order valence-corrected chi connectivity index (χ3v) is 6.89. The molecule has 0 amide bonds. The third-order valence-electron chi connectivity index (χ3n) is 6.89. The van der Waals surface area contributed by atoms with Gasteiger partial charge in [-0.1, -0.05) is 12.1 Å². The predicted molar refractivity (Wildman–Crippen MR) is 140 cm³/mol. The van der Waals surface area contributed by atoms with E-state index in [1.165, 1.54) is 0 Å². The first-order valence-electron chi connectivity index (χ1n) is 11.8. The fourth-order valence-corrected chi connectivity index (χ4v) is 4.18. The summed E-state index contributed by atoms with van der Waals surface area (Å²) in [5.41, 5.74) is 7.21. The highest BCUT2D eigenvalue weighted by atomic mass is 16.3. The van der Waals surface area contributed by atoms with Gasteiger partial charge in [0.2, 0.25) is 0 Å². The molecule has 0 atom stereocenters. The monoisotopic (exact) mass is 484 g/mol. The number of pyridine rings is 2. The van der Waals surface area contributed by atoms with E-state index in [1.807, 2.05) is 45.0 Å². The van der Waals surface area contributed by atoms with Gasteiger partial charge in [0.1, 0.15) is 11.5 Å². The van der Waals surface area contributed by atoms with Crippen molar-refractivity contribution in [1.82, 2.24) is 9.97 Å². The summed E-state index contributed by atoms with van der Waals surface area (Å²) in [5, 5.41) is 20.3. The molecule has 2 aromatic heterocycles. The topological polar surface area (TPSA) is 100 Å². The predicted octanol–water partition coefficient (Wildman–Crippen LogP) is 5.44. The summed E-state index contributed by atoms with van der Waals surface area (Å²) < 4.78 is 0. The molecule has 3 aromatic rings. The molecule has 36 heavy (non-hydrogen) atoms. The van der Waals surface area contributed by atoms with Crippen LogP contribution in [0.4, 0.5) is 0 Å². The zero-order chi connectivity index (χ0) is 26.6. The number of aromatic hydroxyl groups is 2. The Bertz CT molecular complexity index is 1340. The lowest BCUT2D eigenvalue weighted by atomic mass is 9.83. The molecule has 0 fully saturated rings. The quantitative estimate of drug-likeness (QED) is 0.378. The number of hydrogen-bond donors (Lipinski definition) is 2. The largest absolute Gasteiger partial charge is 0.507 e. The normalized spacial score (nSPS) is 13.6. The van der Waals surface area contributed by atoms with E-state index in [4.69, 9.17) is 0 Å². The maximum atomic E-state index is 12.2. The van der Waals surface area contributed by atoms with Crippen LogP contribution in [0.1, 0.15) is 54.2 Å². The highest BCUT2D eigenvalue weighted by Gasteiger charge is 2.27. The zero-order valence-electron chi connectivity index (χ0n) is 21.6. The van der Waals surface area contributed by atoms with Gasteiger partial charge in [-0.3, -0.25) is 19.6 Å². The zero-order valence-corrected chi connectivity index (χ0v) is 21.6. The molecule has 0 unspecified atom stereocenters. The summed E-state index contributed by atoms with van der Waals surface area (Å²) in [4.78, 5) is 32.3. The van der Waals surface area contributed by atoms with Crippen molar-refractivity contribution in [2.75, 3.05) is 0 Å². The molecule has 2 heterocycles. The molecule has 0 bridgehead atoms. The fourth-order valence-electron chi connectivity index (χ4n) is 4.18. The minimum Gasteiger partial charge on any atom is -0.507 e. The van der Waals surface area contributed by atoms with Crippen LogP contribution in [-0.4, -0.2) is 31.7 Å². The molecule has 0 spiro atoms. The average molecular weight is 485 g/mol. The molecular formula is C30H32N2O4. The van der Waals surface area contributed by atoms with Crippen LogP contribution in [-0.2, 0) is 22.4 Å². The number of benzene rings is 1. The van der Waals surface area contributed by atoms with Crippen molar-refractivity contribution < 1.29 is 19.8 Å². The molecule has 0 radical (unpaired) electrons. The van der Waals surface area contributed by atoms with E-state index >= 15 is 0 Å². The van der Waals surface area contributed by atoms with Crippen molar-refractivity contribution in [2.45, 2.75) is 54.4 Å². The van der Waals surface area contributed by atoms with Gasteiger partial charge in [-0.05, 0) is 81.5 Å². The van der Waals surface area contributed by atoms with Crippen molar-refractivity contribution in [3.63, 3.8) is 0 Å². The minimum absolute atomic E-state index is 0.0200. The van der Waals surface area contributed by atoms with Crippen LogP contribution in [0.25, 0.3) is 0 Å². The number of nitrogens with zero attached hydrogens (tertiary/aromatic N) is 2. The van der Waals surface area contributed by atoms with Crippen LogP contribution in [0.2, 0.25) is 0 Å². The summed E-state index contributed by atoms with van der Waals surface area (Å²) in [7, 11) is 0. The Balaban J connectivity index is 0.000000201. The Hall–Kier alpha value is -4.06. The van der Waals surface area contributed by atoms with E-state index < -0.39 is 0 Å². The third kappa shape index (κ3) is 5.43. The maximum Gasteiger partial charge on any atom is 0.185 e. The van der Waals surface area contributed by atoms with Gasteiger partial charge in [0.25, 0.3) is 0 Å². The van der Waals surface area contributed by atoms with Gasteiger partial charge < -0.3 is 10.2 Å². The smallest absolute Gasteiger partial charge is 0.185 e. The molecule has 0 aliphatic heterocycles. The van der Waals surface area contributed by atoms with Crippen LogP contribution in [0.15, 0.2) is 71.3 Å². The van der Waals surface area contributed by atoms with Crippen LogP contribution in [0.3, 0.4) is 0 Å². The van der Waals surface area contributed by atoms with Gasteiger partial charge >= 0.3 is 0 Å². The molecule has 2 N–H and O–H groups in total. The van der Waals surface area contributed by atoms with Gasteiger partial charge in [-0.2, -0.15) is 0 Å². The Kier molecular flexibility index (Phi) is 8.20. The summed E-state index contributed by atoms with van der Waals surface area (Å²) in [6, 6.07) is 7.56. The van der Waals surface area contributed by atoms with Crippen LogP contribution >= 0.6 is 0 Å². The second kappa shape index (κ2) is 11.1. The number of rotatable bonds is 4. The van der Waals surface area contributed by atoms with Crippen molar-refractivity contribution >= 4 is 11.6 Å². The number of allylic oxidation sites excluding steroid dienone is 4. The van der Waals surface area contributed by atoms with Gasteiger partial charge in [-0.25, -0.2) is 0 Å². The van der Waals surface area contributed by atoms with Crippen molar-refractivity contribution in [2.24, 2.45) is 0 Å². The summed E-state index contributed by atoms with van der Waals surface area (Å²) in [5.74, 6) is 0.496. The van der Waals surface area contributed by atoms with Crippen LogP contribution in [0.5, 0.6) is 11.5 Å². The highest BCUT2D eigenvalue weighted by molar-refractivity contribution is 6.24. The van der Waals surface area contributed by atoms with Gasteiger partial charge in [0.05, 0.1) is 0 Å². The number of phenolic OH excluding ortho intramolecular Hbond substituents is 2. The Morgan fingerprint density at radius 3 is 1.67 bits per heavy atom. The van der Waals surface area contributed by atoms with Crippen molar-refractivity contribution in [3.05, 3.63) is 105 Å². The molecule has 0 saturated heterocycles. The number of carbonyl (C=O) groups is 2. The summed E-state index contributed by atoms with van der Waals surface area (Å²) in [6.07, 6.45) is 7.93. The maximum absolute atomic E-state index is 12.2. The lowest BCUT2D eigenvalue weighted by Crippen LogP contribution is -2.21.